The second-order valence-corrected chi connectivity index (χ2v) is 7.18. The van der Waals surface area contributed by atoms with Crippen molar-refractivity contribution in [2.24, 2.45) is 0 Å². The third kappa shape index (κ3) is 4.16. The third-order valence-electron chi connectivity index (χ3n) is 4.35. The van der Waals surface area contributed by atoms with Gasteiger partial charge in [-0.3, -0.25) is 4.79 Å². The van der Waals surface area contributed by atoms with Crippen molar-refractivity contribution in [2.45, 2.75) is 39.8 Å². The van der Waals surface area contributed by atoms with E-state index in [0.717, 1.165) is 27.9 Å². The standard InChI is InChI=1S/C19H21N3O4S/c1-5-13-8-18(23)26-16-9-14(6-7-15(13)16)25-12(3)19(24)22(4)10-17-11(2)20-21-27-17/h6-9,12H,5,10H2,1-4H3. The Labute approximate surface area is 160 Å². The van der Waals surface area contributed by atoms with Crippen LogP contribution in [-0.4, -0.2) is 33.5 Å². The van der Waals surface area contributed by atoms with Crippen molar-refractivity contribution in [3.8, 4) is 5.75 Å². The van der Waals surface area contributed by atoms with Gasteiger partial charge in [0.05, 0.1) is 17.1 Å². The SMILES string of the molecule is CCc1cc(=O)oc2cc(OC(C)C(=O)N(C)Cc3snnc3C)ccc12. The van der Waals surface area contributed by atoms with Crippen LogP contribution in [0.1, 0.15) is 30.0 Å². The summed E-state index contributed by atoms with van der Waals surface area (Å²) < 4.78 is 14.9. The maximum absolute atomic E-state index is 12.6. The summed E-state index contributed by atoms with van der Waals surface area (Å²) >= 11 is 1.28. The number of likely N-dealkylation sites (N-methyl/N-ethyl adjacent to an activating group) is 1. The van der Waals surface area contributed by atoms with Crippen molar-refractivity contribution >= 4 is 28.4 Å². The number of hydrogen-bond donors (Lipinski definition) is 0. The summed E-state index contributed by atoms with van der Waals surface area (Å²) in [4.78, 5) is 26.8. The minimum Gasteiger partial charge on any atom is -0.481 e. The number of nitrogens with zero attached hydrogens (tertiary/aromatic N) is 3. The van der Waals surface area contributed by atoms with Crippen molar-refractivity contribution in [1.82, 2.24) is 14.5 Å². The highest BCUT2D eigenvalue weighted by Gasteiger charge is 2.21. The average Bonchev–Trinajstić information content (AvgIpc) is 3.04. The molecule has 1 atom stereocenters. The second kappa shape index (κ2) is 7.87. The Morgan fingerprint density at radius 2 is 2.15 bits per heavy atom. The summed E-state index contributed by atoms with van der Waals surface area (Å²) in [5.74, 6) is 0.315. The van der Waals surface area contributed by atoms with Crippen molar-refractivity contribution in [2.75, 3.05) is 7.05 Å². The van der Waals surface area contributed by atoms with Crippen LogP contribution in [0.5, 0.6) is 5.75 Å². The molecule has 8 heteroatoms. The lowest BCUT2D eigenvalue weighted by atomic mass is 10.1. The van der Waals surface area contributed by atoms with Gasteiger partial charge in [0.1, 0.15) is 11.3 Å². The van der Waals surface area contributed by atoms with Crippen LogP contribution in [0.4, 0.5) is 0 Å². The van der Waals surface area contributed by atoms with E-state index in [-0.39, 0.29) is 5.91 Å². The first-order valence-electron chi connectivity index (χ1n) is 8.65. The Morgan fingerprint density at radius 3 is 2.81 bits per heavy atom. The molecule has 27 heavy (non-hydrogen) atoms. The molecule has 0 saturated carbocycles. The number of aryl methyl sites for hydroxylation is 2. The van der Waals surface area contributed by atoms with Gasteiger partial charge in [-0.15, -0.1) is 5.10 Å². The van der Waals surface area contributed by atoms with Crippen LogP contribution in [0.15, 0.2) is 33.5 Å². The van der Waals surface area contributed by atoms with E-state index in [1.54, 1.807) is 31.0 Å². The number of benzene rings is 1. The monoisotopic (exact) mass is 387 g/mol. The second-order valence-electron chi connectivity index (χ2n) is 6.34. The number of ether oxygens (including phenoxy) is 1. The predicted octanol–water partition coefficient (Wildman–Crippen LogP) is 2.94. The average molecular weight is 387 g/mol. The van der Waals surface area contributed by atoms with Crippen LogP contribution in [0.3, 0.4) is 0 Å². The first kappa shape index (κ1) is 19.0. The van der Waals surface area contributed by atoms with Crippen LogP contribution in [0.2, 0.25) is 0 Å². The quantitative estimate of drug-likeness (QED) is 0.605. The van der Waals surface area contributed by atoms with Crippen molar-refractivity contribution in [1.29, 1.82) is 0 Å². The van der Waals surface area contributed by atoms with E-state index in [2.05, 4.69) is 9.59 Å². The zero-order chi connectivity index (χ0) is 19.6. The fourth-order valence-electron chi connectivity index (χ4n) is 2.83. The number of rotatable bonds is 6. The number of fused-ring (bicyclic) bond motifs is 1. The van der Waals surface area contributed by atoms with Crippen LogP contribution >= 0.6 is 11.5 Å². The van der Waals surface area contributed by atoms with Gasteiger partial charge in [0.2, 0.25) is 0 Å². The molecule has 1 amide bonds. The molecular formula is C19H21N3O4S. The van der Waals surface area contributed by atoms with Gasteiger partial charge in [-0.05, 0) is 49.5 Å². The molecule has 3 rings (SSSR count). The van der Waals surface area contributed by atoms with Gasteiger partial charge in [0, 0.05) is 24.6 Å². The van der Waals surface area contributed by atoms with Crippen molar-refractivity contribution in [3.05, 3.63) is 50.8 Å². The van der Waals surface area contributed by atoms with Crippen LogP contribution < -0.4 is 10.4 Å². The van der Waals surface area contributed by atoms with Gasteiger partial charge in [-0.1, -0.05) is 11.4 Å². The summed E-state index contributed by atoms with van der Waals surface area (Å²) in [6, 6.07) is 6.78. The molecule has 1 aromatic carbocycles. The Balaban J connectivity index is 1.75. The lowest BCUT2D eigenvalue weighted by Crippen LogP contribution is -2.37. The molecule has 0 aliphatic heterocycles. The van der Waals surface area contributed by atoms with E-state index in [1.807, 2.05) is 19.9 Å². The topological polar surface area (TPSA) is 85.5 Å². The fourth-order valence-corrected chi connectivity index (χ4v) is 3.52. The maximum Gasteiger partial charge on any atom is 0.336 e. The van der Waals surface area contributed by atoms with Gasteiger partial charge in [-0.25, -0.2) is 4.79 Å². The van der Waals surface area contributed by atoms with E-state index >= 15 is 0 Å². The highest BCUT2D eigenvalue weighted by atomic mass is 32.1. The summed E-state index contributed by atoms with van der Waals surface area (Å²) in [6.45, 7) is 5.97. The Morgan fingerprint density at radius 1 is 1.37 bits per heavy atom. The lowest BCUT2D eigenvalue weighted by Gasteiger charge is -2.21. The van der Waals surface area contributed by atoms with Crippen molar-refractivity contribution < 1.29 is 13.9 Å². The maximum atomic E-state index is 12.6. The van der Waals surface area contributed by atoms with Gasteiger partial charge < -0.3 is 14.1 Å². The molecule has 0 aliphatic carbocycles. The lowest BCUT2D eigenvalue weighted by molar-refractivity contribution is -0.137. The van der Waals surface area contributed by atoms with E-state index in [1.165, 1.54) is 17.6 Å². The van der Waals surface area contributed by atoms with Crippen LogP contribution in [0, 0.1) is 6.92 Å². The molecule has 0 radical (unpaired) electrons. The normalized spacial score (nSPS) is 12.1. The minimum atomic E-state index is -0.685. The zero-order valence-corrected chi connectivity index (χ0v) is 16.5. The van der Waals surface area contributed by atoms with E-state index in [0.29, 0.717) is 17.9 Å². The molecule has 7 nitrogen and oxygen atoms in total. The minimum absolute atomic E-state index is 0.161. The Bertz CT molecular complexity index is 1030. The molecule has 0 bridgehead atoms. The van der Waals surface area contributed by atoms with Gasteiger partial charge in [-0.2, -0.15) is 0 Å². The molecule has 3 aromatic rings. The number of hydrogen-bond acceptors (Lipinski definition) is 7. The largest absolute Gasteiger partial charge is 0.481 e. The number of aromatic nitrogens is 2. The Hall–Kier alpha value is -2.74. The molecule has 0 spiro atoms. The van der Waals surface area contributed by atoms with Gasteiger partial charge in [0.15, 0.2) is 6.10 Å². The Kier molecular flexibility index (Phi) is 5.55. The summed E-state index contributed by atoms with van der Waals surface area (Å²) in [7, 11) is 1.72. The van der Waals surface area contributed by atoms with Gasteiger partial charge >= 0.3 is 5.63 Å². The summed E-state index contributed by atoms with van der Waals surface area (Å²) in [5, 5.41) is 4.82. The molecule has 2 aromatic heterocycles. The van der Waals surface area contributed by atoms with Crippen LogP contribution in [-0.2, 0) is 17.8 Å². The number of carbonyl (C=O) groups is 1. The first-order chi connectivity index (χ1) is 12.9. The molecular weight excluding hydrogens is 366 g/mol. The molecule has 0 aliphatic rings. The molecule has 0 saturated heterocycles. The first-order valence-corrected chi connectivity index (χ1v) is 9.42. The zero-order valence-electron chi connectivity index (χ0n) is 15.7. The van der Waals surface area contributed by atoms with Crippen LogP contribution in [0.25, 0.3) is 11.0 Å². The van der Waals surface area contributed by atoms with E-state index in [9.17, 15) is 9.59 Å². The highest BCUT2D eigenvalue weighted by molar-refractivity contribution is 7.05. The molecule has 142 valence electrons. The third-order valence-corrected chi connectivity index (χ3v) is 5.15. The highest BCUT2D eigenvalue weighted by Crippen LogP contribution is 2.24. The van der Waals surface area contributed by atoms with E-state index in [4.69, 9.17) is 9.15 Å². The summed E-state index contributed by atoms with van der Waals surface area (Å²) in [5.41, 5.74) is 1.81. The summed E-state index contributed by atoms with van der Waals surface area (Å²) in [6.07, 6.45) is 0.0446. The molecule has 0 N–H and O–H groups in total. The smallest absolute Gasteiger partial charge is 0.336 e. The molecule has 2 heterocycles. The molecule has 0 fully saturated rings. The molecule has 1 unspecified atom stereocenters. The number of carbonyl (C=O) groups excluding carboxylic acids is 1. The predicted molar refractivity (Wildman–Crippen MR) is 103 cm³/mol. The fraction of sp³-hybridized carbons (Fsp3) is 0.368. The van der Waals surface area contributed by atoms with Gasteiger partial charge in [0.25, 0.3) is 5.91 Å². The number of amides is 1. The van der Waals surface area contributed by atoms with Crippen molar-refractivity contribution in [3.63, 3.8) is 0 Å². The van der Waals surface area contributed by atoms with E-state index < -0.39 is 11.7 Å².